The van der Waals surface area contributed by atoms with Crippen LogP contribution < -0.4 is 43.9 Å². The minimum Gasteiger partial charge on any atom is -1.00 e. The summed E-state index contributed by atoms with van der Waals surface area (Å²) in [7, 11) is 3.63. The molecule has 2 N–H and O–H groups in total. The highest BCUT2D eigenvalue weighted by Crippen LogP contribution is 2.25. The number of nitrogens with two attached hydrogens (primary N) is 1. The normalized spacial score (nSPS) is 10.6. The van der Waals surface area contributed by atoms with E-state index in [2.05, 4.69) is 26.0 Å². The monoisotopic (exact) mass is 514 g/mol. The maximum absolute atomic E-state index is 11.8. The van der Waals surface area contributed by atoms with Crippen LogP contribution in [0.3, 0.4) is 0 Å². The second-order valence-electron chi connectivity index (χ2n) is 5.93. The van der Waals surface area contributed by atoms with Gasteiger partial charge in [-0.15, -0.1) is 11.8 Å². The molecule has 1 amide bonds. The largest absolute Gasteiger partial charge is 1.00 e. The van der Waals surface area contributed by atoms with Crippen molar-refractivity contribution in [1.29, 1.82) is 0 Å². The number of methoxy groups -OCH3 is 1. The maximum atomic E-state index is 11.8. The Morgan fingerprint density at radius 1 is 1.43 bits per heavy atom. The van der Waals surface area contributed by atoms with E-state index < -0.39 is 0 Å². The number of benzene rings is 1. The number of halogens is 1. The van der Waals surface area contributed by atoms with Crippen molar-refractivity contribution in [2.75, 3.05) is 24.0 Å². The lowest BCUT2D eigenvalue weighted by molar-refractivity contribution is -0.653. The van der Waals surface area contributed by atoms with E-state index in [9.17, 15) is 4.79 Å². The number of ether oxygens (including phenoxy) is 1. The van der Waals surface area contributed by atoms with Gasteiger partial charge in [0.15, 0.2) is 22.7 Å². The van der Waals surface area contributed by atoms with E-state index in [0.29, 0.717) is 17.4 Å². The highest BCUT2D eigenvalue weighted by atomic mass is 127. The fourth-order valence-corrected chi connectivity index (χ4v) is 3.47. The summed E-state index contributed by atoms with van der Waals surface area (Å²) in [6.45, 7) is 3.14. The van der Waals surface area contributed by atoms with Crippen LogP contribution in [0.15, 0.2) is 29.4 Å². The average molecular weight is 514 g/mol. The number of aryl methyl sites for hydroxylation is 2. The number of thioether (sulfide) groups is 1. The third-order valence-corrected chi connectivity index (χ3v) is 5.14. The van der Waals surface area contributed by atoms with Crippen molar-refractivity contribution < 1.29 is 38.1 Å². The van der Waals surface area contributed by atoms with Crippen molar-refractivity contribution in [3.63, 3.8) is 0 Å². The number of rotatable bonds is 7. The molecule has 0 aliphatic heterocycles. The molecule has 2 heterocycles. The van der Waals surface area contributed by atoms with Gasteiger partial charge < -0.3 is 34.4 Å². The topological polar surface area (TPSA) is 90.2 Å². The Kier molecular flexibility index (Phi) is 7.47. The van der Waals surface area contributed by atoms with Gasteiger partial charge in [-0.3, -0.25) is 9.69 Å². The van der Waals surface area contributed by atoms with Gasteiger partial charge in [-0.1, -0.05) is 0 Å². The zero-order valence-electron chi connectivity index (χ0n) is 16.2. The number of nitrogens with zero attached hydrogens (tertiary/aromatic N) is 5. The van der Waals surface area contributed by atoms with Gasteiger partial charge in [-0.2, -0.15) is 0 Å². The van der Waals surface area contributed by atoms with Crippen LogP contribution in [-0.4, -0.2) is 34.3 Å². The molecule has 0 spiro atoms. The zero-order valence-corrected chi connectivity index (χ0v) is 19.2. The molecule has 0 atom stereocenters. The van der Waals surface area contributed by atoms with E-state index in [1.54, 1.807) is 13.3 Å². The Hall–Kier alpha value is -2.08. The van der Waals surface area contributed by atoms with Crippen molar-refractivity contribution in [3.8, 4) is 5.75 Å². The lowest BCUT2D eigenvalue weighted by atomic mass is 10.3. The van der Waals surface area contributed by atoms with Gasteiger partial charge in [0.05, 0.1) is 26.9 Å². The smallest absolute Gasteiger partial charge is 0.277 e. The van der Waals surface area contributed by atoms with Gasteiger partial charge in [0.1, 0.15) is 17.3 Å². The van der Waals surface area contributed by atoms with E-state index in [-0.39, 0.29) is 29.8 Å². The zero-order chi connectivity index (χ0) is 19.6. The molecule has 0 unspecified atom stereocenters. The van der Waals surface area contributed by atoms with Gasteiger partial charge in [0.25, 0.3) is 5.82 Å². The minimum atomic E-state index is 0. The number of imidazole rings is 1. The summed E-state index contributed by atoms with van der Waals surface area (Å²) in [6, 6.07) is 5.93. The van der Waals surface area contributed by atoms with Crippen LogP contribution in [0.4, 0.5) is 11.6 Å². The highest BCUT2D eigenvalue weighted by Gasteiger charge is 2.26. The SMILES string of the molecule is CCn1c(CN(C=O)c2nc(SC)cnc2N)[n+](C)c2ccc(OC)cc21.[I-]. The van der Waals surface area contributed by atoms with Crippen LogP contribution in [0, 0.1) is 0 Å². The third-order valence-electron chi connectivity index (χ3n) is 4.53. The van der Waals surface area contributed by atoms with Crippen molar-refractivity contribution in [2.45, 2.75) is 25.0 Å². The molecule has 1 aromatic carbocycles. The van der Waals surface area contributed by atoms with E-state index in [0.717, 1.165) is 35.6 Å². The van der Waals surface area contributed by atoms with E-state index in [1.807, 2.05) is 31.5 Å². The van der Waals surface area contributed by atoms with Crippen molar-refractivity contribution in [2.24, 2.45) is 7.05 Å². The predicted octanol–water partition coefficient (Wildman–Crippen LogP) is -1.24. The number of fused-ring (bicyclic) bond motifs is 1. The summed E-state index contributed by atoms with van der Waals surface area (Å²) in [4.78, 5) is 21.9. The lowest BCUT2D eigenvalue weighted by Crippen LogP contribution is -3.00. The molecule has 0 saturated heterocycles. The molecule has 8 nitrogen and oxygen atoms in total. The maximum Gasteiger partial charge on any atom is 0.277 e. The minimum absolute atomic E-state index is 0. The van der Waals surface area contributed by atoms with Gasteiger partial charge in [-0.25, -0.2) is 19.1 Å². The van der Waals surface area contributed by atoms with Crippen molar-refractivity contribution in [1.82, 2.24) is 14.5 Å². The molecule has 0 saturated carbocycles. The van der Waals surface area contributed by atoms with Crippen LogP contribution in [0.25, 0.3) is 11.0 Å². The third kappa shape index (κ3) is 4.02. The quantitative estimate of drug-likeness (QED) is 0.184. The molecule has 150 valence electrons. The molecule has 0 aliphatic carbocycles. The summed E-state index contributed by atoms with van der Waals surface area (Å²) in [5, 5.41) is 0.705. The number of anilines is 2. The first-order valence-corrected chi connectivity index (χ1v) is 9.70. The molecular formula is C18H23IN6O2S. The van der Waals surface area contributed by atoms with Gasteiger partial charge in [-0.05, 0) is 25.3 Å². The molecular weight excluding hydrogens is 491 g/mol. The first-order valence-electron chi connectivity index (χ1n) is 8.47. The van der Waals surface area contributed by atoms with E-state index >= 15 is 0 Å². The fourth-order valence-electron chi connectivity index (χ4n) is 3.13. The standard InChI is InChI=1S/C18H23N6O2S.HI/c1-5-24-14-8-12(26-3)6-7-13(14)22(2)16(24)10-23(11-25)18-17(19)20-9-15(21-18)27-4;/h6-9,11H,5,10H2,1-4H3,(H2,19,20);1H/q+1;/p-1. The van der Waals surface area contributed by atoms with Crippen molar-refractivity contribution >= 4 is 40.8 Å². The van der Waals surface area contributed by atoms with E-state index in [4.69, 9.17) is 10.5 Å². The molecule has 0 radical (unpaired) electrons. The summed E-state index contributed by atoms with van der Waals surface area (Å²) in [5.41, 5.74) is 8.07. The number of aromatic nitrogens is 4. The van der Waals surface area contributed by atoms with Gasteiger partial charge >= 0.3 is 0 Å². The van der Waals surface area contributed by atoms with Crippen LogP contribution in [0.5, 0.6) is 5.75 Å². The second-order valence-corrected chi connectivity index (χ2v) is 6.76. The molecule has 3 aromatic rings. The van der Waals surface area contributed by atoms with Crippen LogP contribution in [-0.2, 0) is 24.9 Å². The summed E-state index contributed by atoms with van der Waals surface area (Å²) < 4.78 is 9.57. The summed E-state index contributed by atoms with van der Waals surface area (Å²) in [5.74, 6) is 2.33. The Morgan fingerprint density at radius 2 is 2.18 bits per heavy atom. The lowest BCUT2D eigenvalue weighted by Gasteiger charge is -2.16. The van der Waals surface area contributed by atoms with E-state index in [1.165, 1.54) is 16.7 Å². The predicted molar refractivity (Wildman–Crippen MR) is 106 cm³/mol. The average Bonchev–Trinajstić information content (AvgIpc) is 2.96. The Bertz CT molecular complexity index is 994. The molecule has 0 fully saturated rings. The molecule has 10 heteroatoms. The van der Waals surface area contributed by atoms with Crippen molar-refractivity contribution in [3.05, 3.63) is 30.2 Å². The van der Waals surface area contributed by atoms with Gasteiger partial charge in [0, 0.05) is 6.07 Å². The number of carbonyl (C=O) groups excluding carboxylic acids is 1. The second kappa shape index (κ2) is 9.41. The molecule has 0 bridgehead atoms. The molecule has 3 rings (SSSR count). The van der Waals surface area contributed by atoms with Crippen LogP contribution in [0.1, 0.15) is 12.7 Å². The molecule has 2 aromatic heterocycles. The van der Waals surface area contributed by atoms with Crippen LogP contribution >= 0.6 is 11.8 Å². The number of nitrogen functional groups attached to an aromatic ring is 1. The number of carbonyl (C=O) groups is 1. The summed E-state index contributed by atoms with van der Waals surface area (Å²) >= 11 is 1.45. The first kappa shape index (κ1) is 22.2. The molecule has 0 aliphatic rings. The fraction of sp³-hybridized carbons (Fsp3) is 0.333. The highest BCUT2D eigenvalue weighted by molar-refractivity contribution is 7.98. The Balaban J connectivity index is 0.00000280. The number of hydrogen-bond acceptors (Lipinski definition) is 6. The first-order chi connectivity index (χ1) is 13.0. The molecule has 28 heavy (non-hydrogen) atoms. The Morgan fingerprint density at radius 3 is 2.79 bits per heavy atom. The Labute approximate surface area is 185 Å². The summed E-state index contributed by atoms with van der Waals surface area (Å²) in [6.07, 6.45) is 4.24. The number of amides is 1. The number of hydrogen-bond donors (Lipinski definition) is 1. The van der Waals surface area contributed by atoms with Crippen LogP contribution in [0.2, 0.25) is 0 Å². The van der Waals surface area contributed by atoms with Gasteiger partial charge in [0.2, 0.25) is 6.41 Å².